The molecule has 1 aliphatic rings. The van der Waals surface area contributed by atoms with Crippen molar-refractivity contribution in [3.8, 4) is 17.0 Å². The molecule has 0 fully saturated rings. The summed E-state index contributed by atoms with van der Waals surface area (Å²) in [7, 11) is 0. The van der Waals surface area contributed by atoms with Gasteiger partial charge in [-0.25, -0.2) is 9.97 Å². The Bertz CT molecular complexity index is 1000. The summed E-state index contributed by atoms with van der Waals surface area (Å²) in [6.07, 6.45) is 2.53. The first-order valence-electron chi connectivity index (χ1n) is 9.20. The molecule has 0 saturated heterocycles. The Morgan fingerprint density at radius 1 is 1.11 bits per heavy atom. The molecule has 2 aromatic carbocycles. The number of nitrogens with zero attached hydrogens (tertiary/aromatic N) is 2. The summed E-state index contributed by atoms with van der Waals surface area (Å²) >= 11 is 0. The third-order valence-electron chi connectivity index (χ3n) is 4.82. The largest absolute Gasteiger partial charge is 0.508 e. The van der Waals surface area contributed by atoms with Gasteiger partial charge >= 0.3 is 0 Å². The van der Waals surface area contributed by atoms with Crippen molar-refractivity contribution in [3.05, 3.63) is 71.0 Å². The van der Waals surface area contributed by atoms with Gasteiger partial charge in [0.05, 0.1) is 23.5 Å². The molecular formula is C22H21N3O2. The van der Waals surface area contributed by atoms with Crippen LogP contribution in [0, 0.1) is 0 Å². The van der Waals surface area contributed by atoms with E-state index in [9.17, 15) is 9.90 Å². The van der Waals surface area contributed by atoms with Gasteiger partial charge in [-0.1, -0.05) is 37.3 Å². The Balaban J connectivity index is 1.63. The summed E-state index contributed by atoms with van der Waals surface area (Å²) in [4.78, 5) is 22.0. The van der Waals surface area contributed by atoms with E-state index in [1.165, 1.54) is 0 Å². The first-order chi connectivity index (χ1) is 13.1. The molecule has 3 aromatic rings. The second kappa shape index (κ2) is 7.19. The number of amides is 1. The van der Waals surface area contributed by atoms with Crippen LogP contribution >= 0.6 is 0 Å². The maximum atomic E-state index is 12.4. The van der Waals surface area contributed by atoms with Crippen molar-refractivity contribution in [2.24, 2.45) is 0 Å². The van der Waals surface area contributed by atoms with E-state index in [2.05, 4.69) is 5.32 Å². The number of phenols is 1. The van der Waals surface area contributed by atoms with Crippen LogP contribution < -0.4 is 5.32 Å². The normalized spacial score (nSPS) is 12.2. The van der Waals surface area contributed by atoms with Gasteiger partial charge < -0.3 is 10.4 Å². The van der Waals surface area contributed by atoms with E-state index in [1.807, 2.05) is 43.3 Å². The number of aromatic hydroxyl groups is 1. The summed E-state index contributed by atoms with van der Waals surface area (Å²) in [6.45, 7) is 2.00. The van der Waals surface area contributed by atoms with Crippen molar-refractivity contribution < 1.29 is 9.90 Å². The topological polar surface area (TPSA) is 75.1 Å². The van der Waals surface area contributed by atoms with Gasteiger partial charge in [0.25, 0.3) is 0 Å². The van der Waals surface area contributed by atoms with Crippen molar-refractivity contribution >= 4 is 11.7 Å². The van der Waals surface area contributed by atoms with Gasteiger partial charge in [0, 0.05) is 5.56 Å². The standard InChI is InChI=1S/C22H21N3O2/c1-2-18-22(25-20(27)12-14-6-4-3-5-7-14)24-19-11-8-15-13-16(26)9-10-17(15)21(19)23-18/h3-7,9-10,13,26H,2,8,11-12H2,1H3,(H,24,25,27). The lowest BCUT2D eigenvalue weighted by Gasteiger charge is -2.20. The number of nitrogens with one attached hydrogen (secondary N) is 1. The Kier molecular flexibility index (Phi) is 4.59. The molecule has 1 aliphatic carbocycles. The summed E-state index contributed by atoms with van der Waals surface area (Å²) in [5.41, 5.74) is 5.58. The molecule has 0 saturated carbocycles. The van der Waals surface area contributed by atoms with Crippen molar-refractivity contribution in [1.82, 2.24) is 9.97 Å². The highest BCUT2D eigenvalue weighted by atomic mass is 16.3. The minimum absolute atomic E-state index is 0.0914. The van der Waals surface area contributed by atoms with E-state index < -0.39 is 0 Å². The average Bonchev–Trinajstić information content (AvgIpc) is 2.67. The molecule has 1 heterocycles. The van der Waals surface area contributed by atoms with Crippen LogP contribution in [-0.2, 0) is 30.5 Å². The minimum Gasteiger partial charge on any atom is -0.508 e. The quantitative estimate of drug-likeness (QED) is 0.745. The molecule has 0 aliphatic heterocycles. The smallest absolute Gasteiger partial charge is 0.229 e. The molecule has 5 nitrogen and oxygen atoms in total. The number of aryl methyl sites for hydroxylation is 3. The van der Waals surface area contributed by atoms with Crippen LogP contribution in [0.15, 0.2) is 48.5 Å². The van der Waals surface area contributed by atoms with E-state index in [-0.39, 0.29) is 11.7 Å². The average molecular weight is 359 g/mol. The minimum atomic E-state index is -0.0914. The highest BCUT2D eigenvalue weighted by Crippen LogP contribution is 2.34. The zero-order valence-electron chi connectivity index (χ0n) is 15.2. The Morgan fingerprint density at radius 2 is 1.93 bits per heavy atom. The fourth-order valence-corrected chi connectivity index (χ4v) is 3.47. The number of fused-ring (bicyclic) bond motifs is 3. The Morgan fingerprint density at radius 3 is 2.70 bits per heavy atom. The fraction of sp³-hybridized carbons (Fsp3) is 0.227. The molecule has 4 rings (SSSR count). The number of aromatic nitrogens is 2. The summed E-state index contributed by atoms with van der Waals surface area (Å²) in [5.74, 6) is 0.733. The maximum absolute atomic E-state index is 12.4. The van der Waals surface area contributed by atoms with Gasteiger partial charge in [0.15, 0.2) is 5.82 Å². The van der Waals surface area contributed by atoms with Crippen LogP contribution in [0.1, 0.15) is 29.4 Å². The van der Waals surface area contributed by atoms with Crippen LogP contribution in [0.3, 0.4) is 0 Å². The molecular weight excluding hydrogens is 338 g/mol. The third-order valence-corrected chi connectivity index (χ3v) is 4.82. The van der Waals surface area contributed by atoms with E-state index in [0.29, 0.717) is 18.7 Å². The molecule has 0 unspecified atom stereocenters. The molecule has 0 atom stereocenters. The third kappa shape index (κ3) is 3.53. The second-order valence-corrected chi connectivity index (χ2v) is 6.72. The van der Waals surface area contributed by atoms with Gasteiger partial charge in [-0.3, -0.25) is 4.79 Å². The van der Waals surface area contributed by atoms with Crippen LogP contribution in [0.2, 0.25) is 0 Å². The fourth-order valence-electron chi connectivity index (χ4n) is 3.47. The van der Waals surface area contributed by atoms with Gasteiger partial charge in [0.2, 0.25) is 5.91 Å². The number of hydrogen-bond acceptors (Lipinski definition) is 4. The lowest BCUT2D eigenvalue weighted by atomic mass is 9.91. The van der Waals surface area contributed by atoms with Crippen molar-refractivity contribution in [3.63, 3.8) is 0 Å². The number of anilines is 1. The van der Waals surface area contributed by atoms with Crippen LogP contribution in [0.5, 0.6) is 5.75 Å². The van der Waals surface area contributed by atoms with Crippen molar-refractivity contribution in [2.75, 3.05) is 5.32 Å². The highest BCUT2D eigenvalue weighted by Gasteiger charge is 2.22. The number of carbonyl (C=O) groups excluding carboxylic acids is 1. The second-order valence-electron chi connectivity index (χ2n) is 6.72. The SMILES string of the molecule is CCc1nc2c(nc1NC(=O)Cc1ccccc1)CCc1cc(O)ccc1-2. The number of rotatable bonds is 4. The highest BCUT2D eigenvalue weighted by molar-refractivity contribution is 5.92. The zero-order valence-corrected chi connectivity index (χ0v) is 15.2. The first kappa shape index (κ1) is 17.2. The van der Waals surface area contributed by atoms with Crippen molar-refractivity contribution in [1.29, 1.82) is 0 Å². The van der Waals surface area contributed by atoms with E-state index >= 15 is 0 Å². The zero-order chi connectivity index (χ0) is 18.8. The lowest BCUT2D eigenvalue weighted by Crippen LogP contribution is -2.19. The number of phenolic OH excluding ortho intramolecular Hbond substituents is 1. The lowest BCUT2D eigenvalue weighted by molar-refractivity contribution is -0.115. The Hall–Kier alpha value is -3.21. The van der Waals surface area contributed by atoms with E-state index in [4.69, 9.17) is 9.97 Å². The van der Waals surface area contributed by atoms with Crippen LogP contribution in [-0.4, -0.2) is 21.0 Å². The maximum Gasteiger partial charge on any atom is 0.229 e. The molecule has 5 heteroatoms. The number of carbonyl (C=O) groups is 1. The summed E-state index contributed by atoms with van der Waals surface area (Å²) < 4.78 is 0. The monoisotopic (exact) mass is 359 g/mol. The molecule has 136 valence electrons. The predicted molar refractivity (Wildman–Crippen MR) is 105 cm³/mol. The van der Waals surface area contributed by atoms with Gasteiger partial charge in [-0.15, -0.1) is 0 Å². The molecule has 0 spiro atoms. The molecule has 2 N–H and O–H groups in total. The Labute approximate surface area is 158 Å². The molecule has 0 radical (unpaired) electrons. The molecule has 27 heavy (non-hydrogen) atoms. The van der Waals surface area contributed by atoms with Crippen LogP contribution in [0.4, 0.5) is 5.82 Å². The van der Waals surface area contributed by atoms with E-state index in [0.717, 1.165) is 46.6 Å². The summed E-state index contributed by atoms with van der Waals surface area (Å²) in [5, 5.41) is 12.7. The molecule has 0 bridgehead atoms. The molecule has 1 aromatic heterocycles. The van der Waals surface area contributed by atoms with Gasteiger partial charge in [-0.2, -0.15) is 0 Å². The van der Waals surface area contributed by atoms with Gasteiger partial charge in [0.1, 0.15) is 5.75 Å². The van der Waals surface area contributed by atoms with Crippen molar-refractivity contribution in [2.45, 2.75) is 32.6 Å². The predicted octanol–water partition coefficient (Wildman–Crippen LogP) is 3.69. The first-order valence-corrected chi connectivity index (χ1v) is 9.20. The number of benzene rings is 2. The van der Waals surface area contributed by atoms with E-state index in [1.54, 1.807) is 12.1 Å². The molecule has 1 amide bonds. The number of hydrogen-bond donors (Lipinski definition) is 2. The van der Waals surface area contributed by atoms with Gasteiger partial charge in [-0.05, 0) is 48.6 Å². The van der Waals surface area contributed by atoms with Crippen LogP contribution in [0.25, 0.3) is 11.3 Å². The summed E-state index contributed by atoms with van der Waals surface area (Å²) in [6, 6.07) is 15.0.